The number of hydrogen-bond acceptors (Lipinski definition) is 6. The third kappa shape index (κ3) is 6.31. The zero-order chi connectivity index (χ0) is 23.6. The van der Waals surface area contributed by atoms with Crippen LogP contribution in [0.4, 0.5) is 5.69 Å². The van der Waals surface area contributed by atoms with Gasteiger partial charge in [0.1, 0.15) is 0 Å². The Morgan fingerprint density at radius 3 is 1.97 bits per heavy atom. The summed E-state index contributed by atoms with van der Waals surface area (Å²) in [5.74, 6) is 0.899. The molecule has 0 aliphatic carbocycles. The van der Waals surface area contributed by atoms with Crippen molar-refractivity contribution in [2.24, 2.45) is 0 Å². The number of rotatable bonds is 10. The minimum Gasteiger partial charge on any atom is -0.490 e. The van der Waals surface area contributed by atoms with E-state index in [-0.39, 0.29) is 18.4 Å². The standard InChI is InChI=1S/C25H33N3O5/c1-4-31-21-16-19(17-22(32-5-2)24(21)33-6-3)25(30)26-18-23(29)28-14-12-27(13-15-28)20-10-8-7-9-11-20/h7-11,16-17H,4-6,12-15,18H2,1-3H3,(H,26,30). The molecule has 1 saturated heterocycles. The Balaban J connectivity index is 1.60. The topological polar surface area (TPSA) is 80.3 Å². The van der Waals surface area contributed by atoms with Gasteiger partial charge < -0.3 is 29.3 Å². The van der Waals surface area contributed by atoms with Crippen LogP contribution in [0.5, 0.6) is 17.2 Å². The normalized spacial score (nSPS) is 13.4. The Hall–Kier alpha value is -3.42. The highest BCUT2D eigenvalue weighted by Gasteiger charge is 2.23. The van der Waals surface area contributed by atoms with Gasteiger partial charge in [0.25, 0.3) is 5.91 Å². The number of nitrogens with one attached hydrogen (secondary N) is 1. The molecule has 2 aromatic carbocycles. The molecule has 1 aliphatic rings. The van der Waals surface area contributed by atoms with E-state index >= 15 is 0 Å². The monoisotopic (exact) mass is 455 g/mol. The Labute approximate surface area is 195 Å². The summed E-state index contributed by atoms with van der Waals surface area (Å²) < 4.78 is 17.0. The van der Waals surface area contributed by atoms with E-state index < -0.39 is 0 Å². The maximum Gasteiger partial charge on any atom is 0.251 e. The van der Waals surface area contributed by atoms with Crippen molar-refractivity contribution in [1.82, 2.24) is 10.2 Å². The molecule has 33 heavy (non-hydrogen) atoms. The summed E-state index contributed by atoms with van der Waals surface area (Å²) in [6.45, 7) is 9.58. The largest absolute Gasteiger partial charge is 0.490 e. The lowest BCUT2D eigenvalue weighted by Gasteiger charge is -2.36. The fraction of sp³-hybridized carbons (Fsp3) is 0.440. The third-order valence-electron chi connectivity index (χ3n) is 5.33. The van der Waals surface area contributed by atoms with Crippen LogP contribution >= 0.6 is 0 Å². The van der Waals surface area contributed by atoms with Crippen molar-refractivity contribution in [3.8, 4) is 17.2 Å². The zero-order valence-corrected chi connectivity index (χ0v) is 19.6. The second-order valence-corrected chi connectivity index (χ2v) is 7.49. The number of ether oxygens (including phenoxy) is 3. The predicted molar refractivity (Wildman–Crippen MR) is 128 cm³/mol. The van der Waals surface area contributed by atoms with E-state index in [4.69, 9.17) is 14.2 Å². The lowest BCUT2D eigenvalue weighted by Crippen LogP contribution is -2.51. The minimum absolute atomic E-state index is 0.0642. The second kappa shape index (κ2) is 12.0. The van der Waals surface area contributed by atoms with Crippen LogP contribution in [-0.4, -0.2) is 69.3 Å². The summed E-state index contributed by atoms with van der Waals surface area (Å²) in [5.41, 5.74) is 1.51. The molecule has 0 bridgehead atoms. The van der Waals surface area contributed by atoms with Crippen LogP contribution in [0.25, 0.3) is 0 Å². The number of carbonyl (C=O) groups is 2. The van der Waals surface area contributed by atoms with Gasteiger partial charge in [-0.05, 0) is 45.0 Å². The number of anilines is 1. The lowest BCUT2D eigenvalue weighted by atomic mass is 10.1. The summed E-state index contributed by atoms with van der Waals surface area (Å²) in [7, 11) is 0. The first-order valence-corrected chi connectivity index (χ1v) is 11.5. The maximum atomic E-state index is 12.8. The SMILES string of the molecule is CCOc1cc(C(=O)NCC(=O)N2CCN(c3ccccc3)CC2)cc(OCC)c1OCC. The van der Waals surface area contributed by atoms with Gasteiger partial charge in [0.05, 0.1) is 26.4 Å². The molecule has 0 saturated carbocycles. The zero-order valence-electron chi connectivity index (χ0n) is 19.6. The molecule has 3 rings (SSSR count). The lowest BCUT2D eigenvalue weighted by molar-refractivity contribution is -0.130. The third-order valence-corrected chi connectivity index (χ3v) is 5.33. The molecular formula is C25H33N3O5. The Kier molecular flexibility index (Phi) is 8.80. The number of carbonyl (C=O) groups excluding carboxylic acids is 2. The Morgan fingerprint density at radius 2 is 1.42 bits per heavy atom. The van der Waals surface area contributed by atoms with Crippen molar-refractivity contribution in [3.63, 3.8) is 0 Å². The van der Waals surface area contributed by atoms with E-state index in [0.29, 0.717) is 55.7 Å². The number of para-hydroxylation sites is 1. The molecule has 0 atom stereocenters. The Morgan fingerprint density at radius 1 is 0.848 bits per heavy atom. The molecule has 8 nitrogen and oxygen atoms in total. The van der Waals surface area contributed by atoms with Crippen molar-refractivity contribution >= 4 is 17.5 Å². The number of piperazine rings is 1. The molecule has 0 radical (unpaired) electrons. The van der Waals surface area contributed by atoms with Crippen molar-refractivity contribution in [2.45, 2.75) is 20.8 Å². The molecular weight excluding hydrogens is 422 g/mol. The fourth-order valence-corrected chi connectivity index (χ4v) is 3.74. The van der Waals surface area contributed by atoms with E-state index in [1.54, 1.807) is 17.0 Å². The maximum absolute atomic E-state index is 12.8. The average Bonchev–Trinajstić information content (AvgIpc) is 2.85. The molecule has 0 spiro atoms. The van der Waals surface area contributed by atoms with Crippen molar-refractivity contribution in [1.29, 1.82) is 0 Å². The summed E-state index contributed by atoms with van der Waals surface area (Å²) in [4.78, 5) is 29.5. The van der Waals surface area contributed by atoms with Gasteiger partial charge in [0.15, 0.2) is 11.5 Å². The van der Waals surface area contributed by atoms with E-state index in [1.807, 2.05) is 39.0 Å². The molecule has 0 unspecified atom stereocenters. The number of amides is 2. The highest BCUT2D eigenvalue weighted by Crippen LogP contribution is 2.39. The highest BCUT2D eigenvalue weighted by molar-refractivity contribution is 5.97. The summed E-state index contributed by atoms with van der Waals surface area (Å²) >= 11 is 0. The van der Waals surface area contributed by atoms with Crippen LogP contribution in [-0.2, 0) is 4.79 Å². The molecule has 2 aromatic rings. The van der Waals surface area contributed by atoms with E-state index in [9.17, 15) is 9.59 Å². The molecule has 8 heteroatoms. The molecule has 178 valence electrons. The van der Waals surface area contributed by atoms with Crippen LogP contribution in [0, 0.1) is 0 Å². The van der Waals surface area contributed by atoms with Gasteiger partial charge in [-0.15, -0.1) is 0 Å². The first kappa shape index (κ1) is 24.2. The first-order valence-electron chi connectivity index (χ1n) is 11.5. The average molecular weight is 456 g/mol. The molecule has 1 heterocycles. The first-order chi connectivity index (χ1) is 16.1. The van der Waals surface area contributed by atoms with Gasteiger partial charge in [-0.25, -0.2) is 0 Å². The van der Waals surface area contributed by atoms with Crippen LogP contribution in [0.2, 0.25) is 0 Å². The molecule has 1 fully saturated rings. The highest BCUT2D eigenvalue weighted by atomic mass is 16.5. The van der Waals surface area contributed by atoms with Crippen molar-refractivity contribution in [2.75, 3.05) is 57.4 Å². The quantitative estimate of drug-likeness (QED) is 0.593. The summed E-state index contributed by atoms with van der Waals surface area (Å²) in [6.07, 6.45) is 0. The van der Waals surface area contributed by atoms with Gasteiger partial charge in [0.2, 0.25) is 11.7 Å². The molecule has 1 N–H and O–H groups in total. The molecule has 1 aliphatic heterocycles. The summed E-state index contributed by atoms with van der Waals surface area (Å²) in [5, 5.41) is 2.73. The molecule has 2 amide bonds. The van der Waals surface area contributed by atoms with Gasteiger partial charge in [0, 0.05) is 37.4 Å². The van der Waals surface area contributed by atoms with Crippen LogP contribution in [0.1, 0.15) is 31.1 Å². The van der Waals surface area contributed by atoms with Gasteiger partial charge in [-0.3, -0.25) is 9.59 Å². The van der Waals surface area contributed by atoms with Gasteiger partial charge in [-0.2, -0.15) is 0 Å². The van der Waals surface area contributed by atoms with Crippen LogP contribution in [0.3, 0.4) is 0 Å². The Bertz CT molecular complexity index is 900. The number of benzene rings is 2. The minimum atomic E-state index is -0.365. The second-order valence-electron chi connectivity index (χ2n) is 7.49. The smallest absolute Gasteiger partial charge is 0.251 e. The van der Waals surface area contributed by atoms with Crippen LogP contribution < -0.4 is 24.4 Å². The summed E-state index contributed by atoms with van der Waals surface area (Å²) in [6, 6.07) is 13.4. The molecule has 0 aromatic heterocycles. The van der Waals surface area contributed by atoms with Gasteiger partial charge >= 0.3 is 0 Å². The van der Waals surface area contributed by atoms with Crippen molar-refractivity contribution in [3.05, 3.63) is 48.0 Å². The predicted octanol–water partition coefficient (Wildman–Crippen LogP) is 2.96. The fourth-order valence-electron chi connectivity index (χ4n) is 3.74. The van der Waals surface area contributed by atoms with Gasteiger partial charge in [-0.1, -0.05) is 18.2 Å². The van der Waals surface area contributed by atoms with E-state index in [1.165, 1.54) is 0 Å². The van der Waals surface area contributed by atoms with E-state index in [2.05, 4.69) is 22.3 Å². The number of hydrogen-bond donors (Lipinski definition) is 1. The van der Waals surface area contributed by atoms with E-state index in [0.717, 1.165) is 18.8 Å². The van der Waals surface area contributed by atoms with Crippen LogP contribution in [0.15, 0.2) is 42.5 Å². The van der Waals surface area contributed by atoms with Crippen molar-refractivity contribution < 1.29 is 23.8 Å². The number of nitrogens with zero attached hydrogens (tertiary/aromatic N) is 2.